The second-order valence-electron chi connectivity index (χ2n) is 10.7. The van der Waals surface area contributed by atoms with Crippen LogP contribution in [0.5, 0.6) is 5.75 Å². The molecular weight excluding hydrogens is 568 g/mol. The van der Waals surface area contributed by atoms with Gasteiger partial charge >= 0.3 is 5.56 Å². The van der Waals surface area contributed by atoms with Gasteiger partial charge in [-0.25, -0.2) is 8.42 Å². The minimum atomic E-state index is -3.56. The van der Waals surface area contributed by atoms with Crippen molar-refractivity contribution in [3.8, 4) is 22.8 Å². The molecule has 214 valence electrons. The molecule has 6 rings (SSSR count). The van der Waals surface area contributed by atoms with Gasteiger partial charge in [0, 0.05) is 42.2 Å². The highest BCUT2D eigenvalue weighted by Crippen LogP contribution is 2.45. The Bertz CT molecular complexity index is 1700. The van der Waals surface area contributed by atoms with Crippen molar-refractivity contribution in [2.24, 2.45) is 5.41 Å². The van der Waals surface area contributed by atoms with Gasteiger partial charge in [0.15, 0.2) is 0 Å². The molecule has 0 bridgehead atoms. The quantitative estimate of drug-likeness (QED) is 0.309. The number of piperazine rings is 1. The van der Waals surface area contributed by atoms with Crippen molar-refractivity contribution in [2.75, 3.05) is 37.7 Å². The second-order valence-corrected chi connectivity index (χ2v) is 13.1. The van der Waals surface area contributed by atoms with E-state index < -0.39 is 10.0 Å². The van der Waals surface area contributed by atoms with E-state index in [1.54, 1.807) is 54.7 Å². The molecule has 1 aliphatic heterocycles. The van der Waals surface area contributed by atoms with Crippen molar-refractivity contribution < 1.29 is 13.2 Å². The Morgan fingerprint density at radius 1 is 1.07 bits per heavy atom. The molecule has 3 heterocycles. The molecule has 0 unspecified atom stereocenters. The Balaban J connectivity index is 1.18. The fourth-order valence-corrected chi connectivity index (χ4v) is 6.43. The van der Waals surface area contributed by atoms with Gasteiger partial charge in [0.25, 0.3) is 0 Å². The zero-order valence-corrected chi connectivity index (χ0v) is 24.0. The molecule has 14 heteroatoms. The Morgan fingerprint density at radius 3 is 2.49 bits per heavy atom. The number of halogens is 1. The number of nitrogens with one attached hydrogen (secondary N) is 1. The van der Waals surface area contributed by atoms with Crippen molar-refractivity contribution in [2.45, 2.75) is 25.5 Å². The third-order valence-corrected chi connectivity index (χ3v) is 9.60. The summed E-state index contributed by atoms with van der Waals surface area (Å²) in [5.41, 5.74) is 2.19. The van der Waals surface area contributed by atoms with E-state index in [4.69, 9.17) is 16.3 Å². The number of rotatable bonds is 9. The fourth-order valence-electron chi connectivity index (χ4n) is 4.73. The number of tetrazole rings is 1. The standard InChI is InChI=1S/C27H29ClN8O4S/c1-27(9-10-27)18-40-24-23(16-29-36(26(24)37)22-4-2-3-21(28)15-22)34-11-13-35(14-12-34)41(38,39)17-19-5-7-20(8-6-19)25-30-32-33-31-25/h2-8,15-16H,9-14,17-18H2,1H3,(H,30,31,32,33). The molecule has 2 aromatic carbocycles. The summed E-state index contributed by atoms with van der Waals surface area (Å²) in [6.45, 7) is 3.90. The summed E-state index contributed by atoms with van der Waals surface area (Å²) < 4.78 is 35.4. The van der Waals surface area contributed by atoms with Crippen molar-refractivity contribution in [3.05, 3.63) is 75.7 Å². The Labute approximate surface area is 241 Å². The first-order valence-electron chi connectivity index (χ1n) is 13.3. The molecule has 1 saturated carbocycles. The van der Waals surface area contributed by atoms with E-state index in [0.29, 0.717) is 47.5 Å². The third-order valence-electron chi connectivity index (χ3n) is 7.52. The molecule has 41 heavy (non-hydrogen) atoms. The van der Waals surface area contributed by atoms with E-state index in [9.17, 15) is 13.2 Å². The molecule has 0 radical (unpaired) electrons. The normalized spacial score (nSPS) is 17.0. The van der Waals surface area contributed by atoms with Crippen LogP contribution in [0.4, 0.5) is 5.69 Å². The predicted octanol–water partition coefficient (Wildman–Crippen LogP) is 2.90. The number of hydrogen-bond acceptors (Lipinski definition) is 9. The van der Waals surface area contributed by atoms with Crippen LogP contribution in [0, 0.1) is 5.41 Å². The number of ether oxygens (including phenoxy) is 1. The number of benzene rings is 2. The van der Waals surface area contributed by atoms with Gasteiger partial charge < -0.3 is 9.64 Å². The number of H-pyrrole nitrogens is 1. The summed E-state index contributed by atoms with van der Waals surface area (Å²) in [5.74, 6) is 0.537. The molecule has 0 spiro atoms. The molecule has 2 aliphatic rings. The van der Waals surface area contributed by atoms with E-state index in [-0.39, 0.29) is 35.6 Å². The Kier molecular flexibility index (Phi) is 7.26. The van der Waals surface area contributed by atoms with Crippen LogP contribution in [0.15, 0.2) is 59.5 Å². The lowest BCUT2D eigenvalue weighted by Crippen LogP contribution is -2.49. The Morgan fingerprint density at radius 2 is 1.83 bits per heavy atom. The average molecular weight is 597 g/mol. The highest BCUT2D eigenvalue weighted by atomic mass is 35.5. The van der Waals surface area contributed by atoms with Crippen LogP contribution in [-0.4, -0.2) is 75.9 Å². The first kappa shape index (κ1) is 27.4. The van der Waals surface area contributed by atoms with Gasteiger partial charge in [-0.15, -0.1) is 10.2 Å². The molecule has 0 atom stereocenters. The first-order valence-corrected chi connectivity index (χ1v) is 15.3. The lowest BCUT2D eigenvalue weighted by atomic mass is 10.1. The van der Waals surface area contributed by atoms with Crippen LogP contribution in [0.1, 0.15) is 25.3 Å². The maximum absolute atomic E-state index is 13.6. The van der Waals surface area contributed by atoms with Gasteiger partial charge in [0.05, 0.1) is 24.2 Å². The molecule has 12 nitrogen and oxygen atoms in total. The van der Waals surface area contributed by atoms with Crippen LogP contribution in [0.25, 0.3) is 17.1 Å². The molecule has 1 aliphatic carbocycles. The third kappa shape index (κ3) is 5.97. The Hall–Kier alpha value is -3.81. The number of anilines is 1. The molecule has 2 aromatic heterocycles. The van der Waals surface area contributed by atoms with Gasteiger partial charge in [0.2, 0.25) is 21.6 Å². The molecular formula is C27H29ClN8O4S. The fraction of sp³-hybridized carbons (Fsp3) is 0.370. The van der Waals surface area contributed by atoms with E-state index in [2.05, 4.69) is 32.6 Å². The number of aromatic amines is 1. The number of sulfonamides is 1. The van der Waals surface area contributed by atoms with Crippen molar-refractivity contribution >= 4 is 27.3 Å². The van der Waals surface area contributed by atoms with Gasteiger partial charge in [-0.2, -0.15) is 19.3 Å². The summed E-state index contributed by atoms with van der Waals surface area (Å²) in [5, 5.41) is 18.7. The molecule has 4 aromatic rings. The summed E-state index contributed by atoms with van der Waals surface area (Å²) >= 11 is 6.15. The minimum absolute atomic E-state index is 0.0599. The molecule has 1 N–H and O–H groups in total. The van der Waals surface area contributed by atoms with Gasteiger partial charge in [0.1, 0.15) is 5.69 Å². The first-order chi connectivity index (χ1) is 19.7. The maximum Gasteiger partial charge on any atom is 0.316 e. The van der Waals surface area contributed by atoms with E-state index in [1.165, 1.54) is 8.99 Å². The van der Waals surface area contributed by atoms with Crippen LogP contribution in [-0.2, 0) is 15.8 Å². The van der Waals surface area contributed by atoms with Crippen LogP contribution in [0.2, 0.25) is 5.02 Å². The highest BCUT2D eigenvalue weighted by Gasteiger charge is 2.39. The lowest BCUT2D eigenvalue weighted by Gasteiger charge is -2.35. The monoisotopic (exact) mass is 596 g/mol. The maximum atomic E-state index is 13.6. The predicted molar refractivity (Wildman–Crippen MR) is 154 cm³/mol. The van der Waals surface area contributed by atoms with Crippen molar-refractivity contribution in [1.29, 1.82) is 0 Å². The second kappa shape index (κ2) is 10.9. The number of nitrogens with zero attached hydrogens (tertiary/aromatic N) is 7. The largest absolute Gasteiger partial charge is 0.486 e. The van der Waals surface area contributed by atoms with E-state index in [1.807, 2.05) is 4.90 Å². The van der Waals surface area contributed by atoms with E-state index in [0.717, 1.165) is 18.4 Å². The minimum Gasteiger partial charge on any atom is -0.486 e. The SMILES string of the molecule is CC1(COc2c(N3CCN(S(=O)(=O)Cc4ccc(-c5nn[nH]n5)cc4)CC3)cnn(-c3cccc(Cl)c3)c2=O)CC1. The summed E-state index contributed by atoms with van der Waals surface area (Å²) in [7, 11) is -3.56. The van der Waals surface area contributed by atoms with Crippen molar-refractivity contribution in [3.63, 3.8) is 0 Å². The van der Waals surface area contributed by atoms with Gasteiger partial charge in [-0.1, -0.05) is 48.9 Å². The lowest BCUT2D eigenvalue weighted by molar-refractivity contribution is 0.242. The topological polar surface area (TPSA) is 139 Å². The van der Waals surface area contributed by atoms with E-state index >= 15 is 0 Å². The molecule has 1 saturated heterocycles. The highest BCUT2D eigenvalue weighted by molar-refractivity contribution is 7.88. The zero-order chi connectivity index (χ0) is 28.6. The van der Waals surface area contributed by atoms with Crippen LogP contribution >= 0.6 is 11.6 Å². The smallest absolute Gasteiger partial charge is 0.316 e. The van der Waals surface area contributed by atoms with Gasteiger partial charge in [-0.05, 0) is 41.8 Å². The van der Waals surface area contributed by atoms with Crippen molar-refractivity contribution in [1.82, 2.24) is 34.7 Å². The zero-order valence-electron chi connectivity index (χ0n) is 22.4. The van der Waals surface area contributed by atoms with Gasteiger partial charge in [-0.3, -0.25) is 4.79 Å². The molecule has 2 fully saturated rings. The number of aromatic nitrogens is 6. The summed E-state index contributed by atoms with van der Waals surface area (Å²) in [6, 6.07) is 14.0. The van der Waals surface area contributed by atoms with Crippen LogP contribution in [0.3, 0.4) is 0 Å². The summed E-state index contributed by atoms with van der Waals surface area (Å²) in [6.07, 6.45) is 3.71. The average Bonchev–Trinajstić information content (AvgIpc) is 3.45. The number of hydrogen-bond donors (Lipinski definition) is 1. The molecule has 0 amide bonds. The summed E-state index contributed by atoms with van der Waals surface area (Å²) in [4.78, 5) is 15.6. The van der Waals surface area contributed by atoms with Crippen LogP contribution < -0.4 is 15.2 Å².